The first-order valence-electron chi connectivity index (χ1n) is 8.94. The van der Waals surface area contributed by atoms with Crippen LogP contribution in [0.5, 0.6) is 0 Å². The summed E-state index contributed by atoms with van der Waals surface area (Å²) in [5.41, 5.74) is -2.46. The van der Waals surface area contributed by atoms with E-state index < -0.39 is 23.7 Å². The van der Waals surface area contributed by atoms with E-state index in [1.54, 1.807) is 31.3 Å². The summed E-state index contributed by atoms with van der Waals surface area (Å²) in [5, 5.41) is 4.10. The van der Waals surface area contributed by atoms with Crippen molar-refractivity contribution in [3.05, 3.63) is 22.7 Å². The molecule has 0 aliphatic carbocycles. The highest BCUT2D eigenvalue weighted by Crippen LogP contribution is 2.37. The molecule has 2 rings (SSSR count). The molecule has 0 saturated heterocycles. The van der Waals surface area contributed by atoms with Crippen molar-refractivity contribution in [3.8, 4) is 0 Å². The smallest absolute Gasteiger partial charge is 0.442 e. The standard InChI is InChI=1S/C18H21ClF3N3O3S/c1-4-6-7-13(26)24-17(18(20,21)22,15(27)28-5-2)25-16-23-14-10(3)11(19)8-9-12(14)29-16/h8-9H,4-7H2,1-3H3,(H,23,25)(H,24,26). The van der Waals surface area contributed by atoms with Gasteiger partial charge in [0.25, 0.3) is 0 Å². The van der Waals surface area contributed by atoms with Crippen molar-refractivity contribution in [1.82, 2.24) is 10.3 Å². The fourth-order valence-electron chi connectivity index (χ4n) is 2.55. The molecule has 160 valence electrons. The average molecular weight is 452 g/mol. The molecule has 1 aromatic carbocycles. The summed E-state index contributed by atoms with van der Waals surface area (Å²) in [5.74, 6) is -2.59. The topological polar surface area (TPSA) is 80.3 Å². The fraction of sp³-hybridized carbons (Fsp3) is 0.500. The van der Waals surface area contributed by atoms with Gasteiger partial charge in [-0.1, -0.05) is 36.3 Å². The van der Waals surface area contributed by atoms with Crippen molar-refractivity contribution in [1.29, 1.82) is 0 Å². The highest BCUT2D eigenvalue weighted by Gasteiger charge is 2.64. The summed E-state index contributed by atoms with van der Waals surface area (Å²) in [4.78, 5) is 28.7. The molecule has 1 atom stereocenters. The molecule has 0 fully saturated rings. The first-order valence-corrected chi connectivity index (χ1v) is 10.1. The summed E-state index contributed by atoms with van der Waals surface area (Å²) in [7, 11) is 0. The summed E-state index contributed by atoms with van der Waals surface area (Å²) in [6.07, 6.45) is -4.37. The van der Waals surface area contributed by atoms with Crippen molar-refractivity contribution in [2.24, 2.45) is 0 Å². The quantitative estimate of drug-likeness (QED) is 0.445. The number of nitrogens with zero attached hydrogens (tertiary/aromatic N) is 1. The van der Waals surface area contributed by atoms with Gasteiger partial charge in [-0.25, -0.2) is 9.78 Å². The monoisotopic (exact) mass is 451 g/mol. The minimum Gasteiger partial charge on any atom is -0.463 e. The molecular weight excluding hydrogens is 431 g/mol. The second kappa shape index (κ2) is 9.17. The van der Waals surface area contributed by atoms with Crippen LogP contribution < -0.4 is 10.6 Å². The first-order chi connectivity index (χ1) is 13.6. The molecule has 2 N–H and O–H groups in total. The number of hydrogen-bond donors (Lipinski definition) is 2. The Hall–Kier alpha value is -2.07. The third-order valence-corrected chi connectivity index (χ3v) is 5.48. The summed E-state index contributed by atoms with van der Waals surface area (Å²) < 4.78 is 47.5. The number of hydrogen-bond acceptors (Lipinski definition) is 6. The summed E-state index contributed by atoms with van der Waals surface area (Å²) in [6.45, 7) is 4.56. The van der Waals surface area contributed by atoms with Crippen molar-refractivity contribution in [3.63, 3.8) is 0 Å². The predicted octanol–water partition coefficient (Wildman–Crippen LogP) is 4.80. The largest absolute Gasteiger partial charge is 0.463 e. The Bertz CT molecular complexity index is 904. The molecule has 6 nitrogen and oxygen atoms in total. The number of alkyl halides is 3. The number of halogens is 4. The fourth-order valence-corrected chi connectivity index (χ4v) is 3.69. The minimum absolute atomic E-state index is 0.163. The molecule has 0 radical (unpaired) electrons. The molecule has 0 aliphatic rings. The predicted molar refractivity (Wildman–Crippen MR) is 106 cm³/mol. The van der Waals surface area contributed by atoms with Crippen LogP contribution in [0.3, 0.4) is 0 Å². The van der Waals surface area contributed by atoms with Crippen LogP contribution in [0.15, 0.2) is 12.1 Å². The van der Waals surface area contributed by atoms with E-state index in [-0.39, 0.29) is 18.2 Å². The zero-order chi connectivity index (χ0) is 21.8. The van der Waals surface area contributed by atoms with Gasteiger partial charge < -0.3 is 15.4 Å². The molecule has 11 heteroatoms. The van der Waals surface area contributed by atoms with Crippen LogP contribution in [0.25, 0.3) is 10.2 Å². The van der Waals surface area contributed by atoms with E-state index in [4.69, 9.17) is 11.6 Å². The summed E-state index contributed by atoms with van der Waals surface area (Å²) in [6, 6.07) is 3.23. The number of carbonyl (C=O) groups excluding carboxylic acids is 2. The summed E-state index contributed by atoms with van der Waals surface area (Å²) >= 11 is 6.95. The number of fused-ring (bicyclic) bond motifs is 1. The lowest BCUT2D eigenvalue weighted by atomic mass is 10.1. The minimum atomic E-state index is -5.19. The Morgan fingerprint density at radius 3 is 2.55 bits per heavy atom. The maximum atomic E-state index is 14.1. The second-order valence-electron chi connectivity index (χ2n) is 6.28. The number of benzene rings is 1. The molecule has 0 bridgehead atoms. The molecule has 0 saturated carbocycles. The van der Waals surface area contributed by atoms with Crippen LogP contribution in [-0.2, 0) is 14.3 Å². The molecule has 0 aliphatic heterocycles. The number of thiazole rings is 1. The number of aromatic nitrogens is 1. The van der Waals surface area contributed by atoms with Crippen LogP contribution in [-0.4, -0.2) is 35.3 Å². The van der Waals surface area contributed by atoms with Crippen LogP contribution in [0.4, 0.5) is 18.3 Å². The van der Waals surface area contributed by atoms with Crippen molar-refractivity contribution in [2.75, 3.05) is 11.9 Å². The lowest BCUT2D eigenvalue weighted by Crippen LogP contribution is -2.69. The number of aryl methyl sites for hydroxylation is 1. The zero-order valence-corrected chi connectivity index (χ0v) is 17.6. The number of unbranched alkanes of at least 4 members (excludes halogenated alkanes) is 1. The van der Waals surface area contributed by atoms with Crippen molar-refractivity contribution in [2.45, 2.75) is 51.9 Å². The number of rotatable bonds is 8. The average Bonchev–Trinajstić information content (AvgIpc) is 3.05. The van der Waals surface area contributed by atoms with Gasteiger partial charge in [-0.3, -0.25) is 4.79 Å². The van der Waals surface area contributed by atoms with E-state index >= 15 is 0 Å². The van der Waals surface area contributed by atoms with Gasteiger partial charge in [-0.15, -0.1) is 0 Å². The highest BCUT2D eigenvalue weighted by atomic mass is 35.5. The molecule has 2 aromatic rings. The Kier molecular flexibility index (Phi) is 7.34. The molecule has 29 heavy (non-hydrogen) atoms. The molecule has 1 amide bonds. The molecular formula is C18H21ClF3N3O3S. The second-order valence-corrected chi connectivity index (χ2v) is 7.72. The molecule has 0 spiro atoms. The number of esters is 1. The normalized spacial score (nSPS) is 13.8. The lowest BCUT2D eigenvalue weighted by molar-refractivity contribution is -0.207. The Morgan fingerprint density at radius 1 is 1.28 bits per heavy atom. The van der Waals surface area contributed by atoms with Crippen LogP contribution in [0.2, 0.25) is 5.02 Å². The van der Waals surface area contributed by atoms with Crippen molar-refractivity contribution >= 4 is 50.2 Å². The van der Waals surface area contributed by atoms with E-state index in [1.165, 1.54) is 6.92 Å². The van der Waals surface area contributed by atoms with Gasteiger partial charge in [-0.05, 0) is 38.0 Å². The number of amides is 1. The number of nitrogens with one attached hydrogen (secondary N) is 2. The van der Waals surface area contributed by atoms with E-state index in [0.717, 1.165) is 11.3 Å². The number of carbonyl (C=O) groups is 2. The Morgan fingerprint density at radius 2 is 1.97 bits per heavy atom. The van der Waals surface area contributed by atoms with Crippen LogP contribution in [0.1, 0.15) is 38.7 Å². The van der Waals surface area contributed by atoms with E-state index in [0.29, 0.717) is 33.6 Å². The molecule has 1 unspecified atom stereocenters. The number of anilines is 1. The Balaban J connectivity index is 2.52. The number of ether oxygens (including phenoxy) is 1. The van der Waals surface area contributed by atoms with E-state index in [9.17, 15) is 22.8 Å². The van der Waals surface area contributed by atoms with E-state index in [1.807, 2.05) is 0 Å². The van der Waals surface area contributed by atoms with Gasteiger partial charge >= 0.3 is 17.8 Å². The van der Waals surface area contributed by atoms with Crippen LogP contribution in [0, 0.1) is 6.92 Å². The van der Waals surface area contributed by atoms with Gasteiger partial charge in [0.1, 0.15) is 0 Å². The molecule has 1 aromatic heterocycles. The van der Waals surface area contributed by atoms with Gasteiger partial charge in [0.15, 0.2) is 5.13 Å². The van der Waals surface area contributed by atoms with Gasteiger partial charge in [0.2, 0.25) is 5.91 Å². The SMILES string of the molecule is CCCCC(=O)NC(Nc1nc2c(C)c(Cl)ccc2s1)(C(=O)OCC)C(F)(F)F. The maximum Gasteiger partial charge on any atom is 0.442 e. The maximum absolute atomic E-state index is 14.1. The first kappa shape index (κ1) is 23.2. The van der Waals surface area contributed by atoms with Gasteiger partial charge in [-0.2, -0.15) is 13.2 Å². The van der Waals surface area contributed by atoms with E-state index in [2.05, 4.69) is 15.0 Å². The highest BCUT2D eigenvalue weighted by molar-refractivity contribution is 7.22. The van der Waals surface area contributed by atoms with Gasteiger partial charge in [0, 0.05) is 11.4 Å². The third kappa shape index (κ3) is 4.92. The van der Waals surface area contributed by atoms with Crippen LogP contribution >= 0.6 is 22.9 Å². The van der Waals surface area contributed by atoms with Gasteiger partial charge in [0.05, 0.1) is 16.8 Å². The lowest BCUT2D eigenvalue weighted by Gasteiger charge is -2.34. The Labute approximate surface area is 174 Å². The molecule has 1 heterocycles. The third-order valence-electron chi connectivity index (χ3n) is 4.13. The van der Waals surface area contributed by atoms with Crippen molar-refractivity contribution < 1.29 is 27.5 Å². The zero-order valence-electron chi connectivity index (χ0n) is 16.1.